The van der Waals surface area contributed by atoms with Gasteiger partial charge < -0.3 is 5.32 Å². The Morgan fingerprint density at radius 3 is 2.88 bits per heavy atom. The van der Waals surface area contributed by atoms with Crippen molar-refractivity contribution >= 4 is 17.5 Å². The van der Waals surface area contributed by atoms with Crippen molar-refractivity contribution in [3.8, 4) is 0 Å². The van der Waals surface area contributed by atoms with Crippen LogP contribution in [0.5, 0.6) is 0 Å². The minimum atomic E-state index is 0.108. The number of carbonyl (C=O) groups is 1. The maximum Gasteiger partial charge on any atom is 0.220 e. The molecule has 1 aromatic carbocycles. The van der Waals surface area contributed by atoms with Crippen LogP contribution in [0.25, 0.3) is 0 Å². The first kappa shape index (κ1) is 11.5. The van der Waals surface area contributed by atoms with E-state index in [-0.39, 0.29) is 5.91 Å². The molecule has 2 nitrogen and oxygen atoms in total. The summed E-state index contributed by atoms with van der Waals surface area (Å²) in [5.41, 5.74) is 1.19. The van der Waals surface area contributed by atoms with E-state index in [9.17, 15) is 4.79 Å². The molecular formula is C13H16ClNO. The minimum absolute atomic E-state index is 0.108. The molecule has 0 aromatic heterocycles. The molecule has 86 valence electrons. The fourth-order valence-corrected chi connectivity index (χ4v) is 2.29. The van der Waals surface area contributed by atoms with Gasteiger partial charge in [0.2, 0.25) is 5.91 Å². The van der Waals surface area contributed by atoms with Crippen molar-refractivity contribution in [2.24, 2.45) is 5.92 Å². The monoisotopic (exact) mass is 237 g/mol. The first-order chi connectivity index (χ1) is 7.70. The molecule has 1 aliphatic rings. The third-order valence-corrected chi connectivity index (χ3v) is 3.39. The van der Waals surface area contributed by atoms with E-state index in [1.165, 1.54) is 18.4 Å². The fraction of sp³-hybridized carbons (Fsp3) is 0.462. The van der Waals surface area contributed by atoms with Gasteiger partial charge in [-0.1, -0.05) is 23.7 Å². The first-order valence-corrected chi connectivity index (χ1v) is 6.04. The SMILES string of the molecule is CNC(=O)CC(c1cccc(Cl)c1)C1CC1. The van der Waals surface area contributed by atoms with Gasteiger partial charge in [-0.2, -0.15) is 0 Å². The minimum Gasteiger partial charge on any atom is -0.359 e. The number of hydrogen-bond donors (Lipinski definition) is 1. The highest BCUT2D eigenvalue weighted by molar-refractivity contribution is 6.30. The number of nitrogens with one attached hydrogen (secondary N) is 1. The van der Waals surface area contributed by atoms with E-state index in [0.29, 0.717) is 18.3 Å². The van der Waals surface area contributed by atoms with Crippen molar-refractivity contribution in [2.75, 3.05) is 7.05 Å². The molecular weight excluding hydrogens is 222 g/mol. The standard InChI is InChI=1S/C13H16ClNO/c1-15-13(16)8-12(9-5-6-9)10-3-2-4-11(14)7-10/h2-4,7,9,12H,5-6,8H2,1H3,(H,15,16). The Hall–Kier alpha value is -1.02. The van der Waals surface area contributed by atoms with Crippen molar-refractivity contribution in [3.05, 3.63) is 34.9 Å². The Bertz CT molecular complexity index is 387. The van der Waals surface area contributed by atoms with Gasteiger partial charge in [0.05, 0.1) is 0 Å². The van der Waals surface area contributed by atoms with Crippen LogP contribution in [-0.2, 0) is 4.79 Å². The van der Waals surface area contributed by atoms with Gasteiger partial charge in [0, 0.05) is 18.5 Å². The summed E-state index contributed by atoms with van der Waals surface area (Å²) in [6.45, 7) is 0. The summed E-state index contributed by atoms with van der Waals surface area (Å²) < 4.78 is 0. The lowest BCUT2D eigenvalue weighted by atomic mass is 9.91. The molecule has 1 amide bonds. The van der Waals surface area contributed by atoms with Crippen molar-refractivity contribution in [1.82, 2.24) is 5.32 Å². The molecule has 0 spiro atoms. The molecule has 1 N–H and O–H groups in total. The summed E-state index contributed by atoms with van der Waals surface area (Å²) in [4.78, 5) is 11.5. The predicted octanol–water partition coefficient (Wildman–Crippen LogP) is 2.97. The van der Waals surface area contributed by atoms with Crippen LogP contribution in [-0.4, -0.2) is 13.0 Å². The van der Waals surface area contributed by atoms with E-state index < -0.39 is 0 Å². The molecule has 1 aromatic rings. The predicted molar refractivity (Wildman–Crippen MR) is 65.6 cm³/mol. The molecule has 0 saturated heterocycles. The van der Waals surface area contributed by atoms with E-state index in [4.69, 9.17) is 11.6 Å². The zero-order valence-corrected chi connectivity index (χ0v) is 10.1. The normalized spacial score (nSPS) is 16.9. The van der Waals surface area contributed by atoms with Crippen molar-refractivity contribution < 1.29 is 4.79 Å². The molecule has 0 heterocycles. The third-order valence-electron chi connectivity index (χ3n) is 3.15. The second-order valence-electron chi connectivity index (χ2n) is 4.38. The topological polar surface area (TPSA) is 29.1 Å². The number of carbonyl (C=O) groups excluding carboxylic acids is 1. The van der Waals surface area contributed by atoms with Crippen LogP contribution < -0.4 is 5.32 Å². The van der Waals surface area contributed by atoms with E-state index in [1.54, 1.807) is 7.05 Å². The maximum absolute atomic E-state index is 11.5. The Balaban J connectivity index is 2.15. The third kappa shape index (κ3) is 2.76. The Kier molecular flexibility index (Phi) is 3.49. The van der Waals surface area contributed by atoms with E-state index in [1.807, 2.05) is 18.2 Å². The van der Waals surface area contributed by atoms with Gasteiger partial charge in [-0.15, -0.1) is 0 Å². The lowest BCUT2D eigenvalue weighted by Crippen LogP contribution is -2.21. The lowest BCUT2D eigenvalue weighted by molar-refractivity contribution is -0.121. The number of benzene rings is 1. The number of halogens is 1. The van der Waals surface area contributed by atoms with E-state index >= 15 is 0 Å². The largest absolute Gasteiger partial charge is 0.359 e. The zero-order valence-electron chi connectivity index (χ0n) is 9.37. The van der Waals surface area contributed by atoms with Crippen LogP contribution in [0, 0.1) is 5.92 Å². The summed E-state index contributed by atoms with van der Waals surface area (Å²) >= 11 is 5.98. The Morgan fingerprint density at radius 2 is 2.31 bits per heavy atom. The average molecular weight is 238 g/mol. The van der Waals surface area contributed by atoms with E-state index in [0.717, 1.165) is 5.02 Å². The molecule has 1 atom stereocenters. The Morgan fingerprint density at radius 1 is 1.56 bits per heavy atom. The molecule has 1 saturated carbocycles. The molecule has 1 fully saturated rings. The molecule has 0 aliphatic heterocycles. The number of rotatable bonds is 4. The summed E-state index contributed by atoms with van der Waals surface area (Å²) in [6.07, 6.45) is 3.03. The molecule has 1 aliphatic carbocycles. The van der Waals surface area contributed by atoms with Gasteiger partial charge >= 0.3 is 0 Å². The molecule has 1 unspecified atom stereocenters. The van der Waals surface area contributed by atoms with Gasteiger partial charge in [0.25, 0.3) is 0 Å². The summed E-state index contributed by atoms with van der Waals surface area (Å²) in [5.74, 6) is 1.10. The highest BCUT2D eigenvalue weighted by Crippen LogP contribution is 2.44. The summed E-state index contributed by atoms with van der Waals surface area (Å²) in [5, 5.41) is 3.44. The van der Waals surface area contributed by atoms with Crippen LogP contribution in [0.1, 0.15) is 30.7 Å². The molecule has 16 heavy (non-hydrogen) atoms. The smallest absolute Gasteiger partial charge is 0.220 e. The van der Waals surface area contributed by atoms with Gasteiger partial charge in [0.1, 0.15) is 0 Å². The second-order valence-corrected chi connectivity index (χ2v) is 4.81. The van der Waals surface area contributed by atoms with Crippen molar-refractivity contribution in [2.45, 2.75) is 25.2 Å². The van der Waals surface area contributed by atoms with Crippen molar-refractivity contribution in [3.63, 3.8) is 0 Å². The average Bonchev–Trinajstić information content (AvgIpc) is 3.09. The van der Waals surface area contributed by atoms with Gasteiger partial charge in [-0.3, -0.25) is 4.79 Å². The molecule has 0 radical (unpaired) electrons. The van der Waals surface area contributed by atoms with Crippen molar-refractivity contribution in [1.29, 1.82) is 0 Å². The van der Waals surface area contributed by atoms with Crippen LogP contribution in [0.15, 0.2) is 24.3 Å². The molecule has 3 heteroatoms. The second kappa shape index (κ2) is 4.88. The highest BCUT2D eigenvalue weighted by Gasteiger charge is 2.33. The fourth-order valence-electron chi connectivity index (χ4n) is 2.09. The van der Waals surface area contributed by atoms with E-state index in [2.05, 4.69) is 11.4 Å². The summed E-state index contributed by atoms with van der Waals surface area (Å²) in [6, 6.07) is 7.87. The van der Waals surface area contributed by atoms with Gasteiger partial charge in [-0.25, -0.2) is 0 Å². The highest BCUT2D eigenvalue weighted by atomic mass is 35.5. The molecule has 0 bridgehead atoms. The Labute approximate surface area is 101 Å². The van der Waals surface area contributed by atoms with Crippen LogP contribution in [0.4, 0.5) is 0 Å². The zero-order chi connectivity index (χ0) is 11.5. The lowest BCUT2D eigenvalue weighted by Gasteiger charge is -2.16. The first-order valence-electron chi connectivity index (χ1n) is 5.66. The maximum atomic E-state index is 11.5. The quantitative estimate of drug-likeness (QED) is 0.857. The molecule has 2 rings (SSSR count). The van der Waals surface area contributed by atoms with Gasteiger partial charge in [-0.05, 0) is 42.4 Å². The number of amides is 1. The van der Waals surface area contributed by atoms with Crippen LogP contribution >= 0.6 is 11.6 Å². The number of hydrogen-bond acceptors (Lipinski definition) is 1. The van der Waals surface area contributed by atoms with Gasteiger partial charge in [0.15, 0.2) is 0 Å². The summed E-state index contributed by atoms with van der Waals surface area (Å²) in [7, 11) is 1.68. The van der Waals surface area contributed by atoms with Crippen LogP contribution in [0.3, 0.4) is 0 Å². The van der Waals surface area contributed by atoms with Crippen LogP contribution in [0.2, 0.25) is 5.02 Å².